The smallest absolute Gasteiger partial charge is 0.336 e. The fraction of sp³-hybridized carbons (Fsp3) is 0.458. The van der Waals surface area contributed by atoms with Gasteiger partial charge >= 0.3 is 11.9 Å². The van der Waals surface area contributed by atoms with Gasteiger partial charge < -0.3 is 19.5 Å². The van der Waals surface area contributed by atoms with Gasteiger partial charge in [0.2, 0.25) is 0 Å². The predicted molar refractivity (Wildman–Crippen MR) is 114 cm³/mol. The molecule has 0 saturated carbocycles. The molecule has 0 amide bonds. The molecule has 0 radical (unpaired) electrons. The molecule has 31 heavy (non-hydrogen) atoms. The van der Waals surface area contributed by atoms with Gasteiger partial charge in [0.1, 0.15) is 11.7 Å². The maximum absolute atomic E-state index is 13.6. The third kappa shape index (κ3) is 4.09. The quantitative estimate of drug-likeness (QED) is 0.550. The lowest BCUT2D eigenvalue weighted by atomic mass is 9.69. The number of para-hydroxylation sites is 1. The largest absolute Gasteiger partial charge is 0.494 e. The zero-order valence-electron chi connectivity index (χ0n) is 18.6. The van der Waals surface area contributed by atoms with Crippen LogP contribution in [-0.2, 0) is 23.9 Å². The fourth-order valence-electron chi connectivity index (χ4n) is 4.48. The number of benzene rings is 1. The summed E-state index contributed by atoms with van der Waals surface area (Å²) in [6, 6.07) is 7.34. The molecule has 0 aromatic heterocycles. The maximum atomic E-state index is 13.6. The Labute approximate surface area is 182 Å². The Hall–Kier alpha value is -3.09. The minimum absolute atomic E-state index is 0.205. The number of methoxy groups -OCH3 is 1. The summed E-state index contributed by atoms with van der Waals surface area (Å²) in [6.45, 7) is 7.90. The molecule has 0 saturated heterocycles. The summed E-state index contributed by atoms with van der Waals surface area (Å²) in [7, 11) is 1.28. The van der Waals surface area contributed by atoms with Crippen molar-refractivity contribution in [3.8, 4) is 5.75 Å². The van der Waals surface area contributed by atoms with E-state index in [2.05, 4.69) is 5.32 Å². The number of allylic oxidation sites excluding steroid dienone is 3. The second-order valence-corrected chi connectivity index (χ2v) is 7.73. The molecular formula is C24H29NO6. The van der Waals surface area contributed by atoms with E-state index in [4.69, 9.17) is 14.2 Å². The van der Waals surface area contributed by atoms with E-state index in [9.17, 15) is 14.4 Å². The van der Waals surface area contributed by atoms with Crippen molar-refractivity contribution in [2.75, 3.05) is 20.3 Å². The molecule has 2 aliphatic rings. The summed E-state index contributed by atoms with van der Waals surface area (Å²) in [4.78, 5) is 39.1. The molecule has 1 N–H and O–H groups in total. The van der Waals surface area contributed by atoms with Crippen LogP contribution in [0.2, 0.25) is 0 Å². The van der Waals surface area contributed by atoms with Gasteiger partial charge in [-0.25, -0.2) is 4.79 Å². The van der Waals surface area contributed by atoms with Crippen LogP contribution in [0.15, 0.2) is 46.8 Å². The van der Waals surface area contributed by atoms with Crippen molar-refractivity contribution in [2.45, 2.75) is 40.0 Å². The molecule has 3 rings (SSSR count). The highest BCUT2D eigenvalue weighted by Crippen LogP contribution is 2.47. The van der Waals surface area contributed by atoms with Crippen LogP contribution >= 0.6 is 0 Å². The van der Waals surface area contributed by atoms with E-state index in [1.165, 1.54) is 7.11 Å². The molecule has 1 aliphatic carbocycles. The van der Waals surface area contributed by atoms with Gasteiger partial charge in [-0.05, 0) is 39.2 Å². The third-order valence-electron chi connectivity index (χ3n) is 5.77. The minimum atomic E-state index is -0.922. The third-order valence-corrected chi connectivity index (χ3v) is 5.77. The van der Waals surface area contributed by atoms with E-state index in [1.807, 2.05) is 38.1 Å². The number of nitrogens with one attached hydrogen (secondary N) is 1. The standard InChI is InChI=1S/C24H29NO6/c1-6-30-17-11-9-8-10-15(17)20-19(24(28)31-7-2)14(4)25-16-12-13(3)18(23(27)29-5)22(26)21(16)20/h8-11,13,18,20,25H,6-7,12H2,1-5H3/t13-,18-,20+/m0/s1. The molecule has 7 nitrogen and oxygen atoms in total. The number of rotatable bonds is 6. The van der Waals surface area contributed by atoms with Gasteiger partial charge in [-0.15, -0.1) is 0 Å². The van der Waals surface area contributed by atoms with Crippen molar-refractivity contribution < 1.29 is 28.6 Å². The molecule has 166 valence electrons. The zero-order valence-corrected chi connectivity index (χ0v) is 18.6. The lowest BCUT2D eigenvalue weighted by molar-refractivity contribution is -0.151. The molecule has 1 heterocycles. The van der Waals surface area contributed by atoms with Crippen LogP contribution in [0.3, 0.4) is 0 Å². The first-order valence-electron chi connectivity index (χ1n) is 10.6. The number of ether oxygens (including phenoxy) is 3. The second-order valence-electron chi connectivity index (χ2n) is 7.73. The number of carbonyl (C=O) groups excluding carboxylic acids is 3. The molecule has 3 atom stereocenters. The first kappa shape index (κ1) is 22.6. The van der Waals surface area contributed by atoms with Gasteiger partial charge in [0.25, 0.3) is 0 Å². The number of Topliss-reactive ketones (excluding diaryl/α,β-unsaturated/α-hetero) is 1. The van der Waals surface area contributed by atoms with Crippen molar-refractivity contribution in [3.05, 3.63) is 52.4 Å². The summed E-state index contributed by atoms with van der Waals surface area (Å²) >= 11 is 0. The topological polar surface area (TPSA) is 90.9 Å². The van der Waals surface area contributed by atoms with Crippen LogP contribution in [0.1, 0.15) is 45.6 Å². The number of dihydropyridines is 1. The number of hydrogen-bond acceptors (Lipinski definition) is 7. The Balaban J connectivity index is 2.23. The summed E-state index contributed by atoms with van der Waals surface area (Å²) in [5.74, 6) is -2.68. The zero-order chi connectivity index (χ0) is 22.7. The maximum Gasteiger partial charge on any atom is 0.336 e. The number of ketones is 1. The predicted octanol–water partition coefficient (Wildman–Crippen LogP) is 3.26. The van der Waals surface area contributed by atoms with Gasteiger partial charge in [-0.2, -0.15) is 0 Å². The van der Waals surface area contributed by atoms with Crippen molar-refractivity contribution in [1.29, 1.82) is 0 Å². The summed E-state index contributed by atoms with van der Waals surface area (Å²) in [5, 5.41) is 3.24. The van der Waals surface area contributed by atoms with E-state index < -0.39 is 23.8 Å². The molecule has 1 aromatic carbocycles. The monoisotopic (exact) mass is 427 g/mol. The normalized spacial score (nSPS) is 23.1. The van der Waals surface area contributed by atoms with Crippen LogP contribution in [-0.4, -0.2) is 38.0 Å². The van der Waals surface area contributed by atoms with Crippen molar-refractivity contribution in [2.24, 2.45) is 11.8 Å². The van der Waals surface area contributed by atoms with E-state index in [0.29, 0.717) is 41.2 Å². The average Bonchev–Trinajstić information content (AvgIpc) is 2.73. The fourth-order valence-corrected chi connectivity index (χ4v) is 4.48. The van der Waals surface area contributed by atoms with E-state index in [0.717, 1.165) is 5.70 Å². The Morgan fingerprint density at radius 2 is 1.87 bits per heavy atom. The Bertz CT molecular complexity index is 961. The molecular weight excluding hydrogens is 398 g/mol. The highest BCUT2D eigenvalue weighted by molar-refractivity contribution is 6.12. The number of carbonyl (C=O) groups is 3. The highest BCUT2D eigenvalue weighted by atomic mass is 16.5. The average molecular weight is 427 g/mol. The highest BCUT2D eigenvalue weighted by Gasteiger charge is 2.47. The number of esters is 2. The molecule has 0 fully saturated rings. The molecule has 7 heteroatoms. The Morgan fingerprint density at radius 3 is 2.52 bits per heavy atom. The van der Waals surface area contributed by atoms with Crippen molar-refractivity contribution in [3.63, 3.8) is 0 Å². The van der Waals surface area contributed by atoms with Crippen molar-refractivity contribution in [1.82, 2.24) is 5.32 Å². The minimum Gasteiger partial charge on any atom is -0.494 e. The van der Waals surface area contributed by atoms with E-state index in [-0.39, 0.29) is 18.3 Å². The Morgan fingerprint density at radius 1 is 1.16 bits per heavy atom. The van der Waals surface area contributed by atoms with Gasteiger partial charge in [-0.3, -0.25) is 9.59 Å². The molecule has 1 aliphatic heterocycles. The van der Waals surface area contributed by atoms with Gasteiger partial charge in [-0.1, -0.05) is 25.1 Å². The summed E-state index contributed by atoms with van der Waals surface area (Å²) in [5.41, 5.74) is 2.78. The molecule has 1 aromatic rings. The van der Waals surface area contributed by atoms with Gasteiger partial charge in [0.15, 0.2) is 5.78 Å². The number of hydrogen-bond donors (Lipinski definition) is 1. The lowest BCUT2D eigenvalue weighted by Gasteiger charge is -2.38. The molecule has 0 bridgehead atoms. The van der Waals surface area contributed by atoms with E-state index >= 15 is 0 Å². The van der Waals surface area contributed by atoms with Crippen LogP contribution in [0.25, 0.3) is 0 Å². The first-order valence-corrected chi connectivity index (χ1v) is 10.6. The summed E-state index contributed by atoms with van der Waals surface area (Å²) < 4.78 is 16.1. The van der Waals surface area contributed by atoms with Crippen molar-refractivity contribution >= 4 is 17.7 Å². The van der Waals surface area contributed by atoms with Gasteiger partial charge in [0.05, 0.1) is 31.8 Å². The summed E-state index contributed by atoms with van der Waals surface area (Å²) in [6.07, 6.45) is 0.488. The van der Waals surface area contributed by atoms with Crippen LogP contribution in [0, 0.1) is 11.8 Å². The second kappa shape index (κ2) is 9.37. The Kier molecular flexibility index (Phi) is 6.83. The molecule has 0 spiro atoms. The van der Waals surface area contributed by atoms with E-state index in [1.54, 1.807) is 13.8 Å². The van der Waals surface area contributed by atoms with Crippen LogP contribution in [0.4, 0.5) is 0 Å². The SMILES string of the molecule is CCOC(=O)C1=C(C)NC2=C(C(=O)[C@@H](C(=O)OC)[C@@H](C)C2)[C@@H]1c1ccccc1OCC. The van der Waals surface area contributed by atoms with Crippen LogP contribution < -0.4 is 10.1 Å². The van der Waals surface area contributed by atoms with Gasteiger partial charge in [0, 0.05) is 22.5 Å². The molecule has 0 unspecified atom stereocenters. The first-order chi connectivity index (χ1) is 14.8. The van der Waals surface area contributed by atoms with Crippen LogP contribution in [0.5, 0.6) is 5.75 Å². The lowest BCUT2D eigenvalue weighted by Crippen LogP contribution is -2.43.